The molecule has 1 saturated heterocycles. The average molecular weight is 261 g/mol. The van der Waals surface area contributed by atoms with Crippen LogP contribution < -0.4 is 10.2 Å². The monoisotopic (exact) mass is 261 g/mol. The first-order chi connectivity index (χ1) is 8.89. The van der Waals surface area contributed by atoms with Crippen LogP contribution in [0.1, 0.15) is 24.2 Å². The number of piperazine rings is 1. The average Bonchev–Trinajstić information content (AvgIpc) is 2.37. The predicted octanol–water partition coefficient (Wildman–Crippen LogP) is 1.58. The summed E-state index contributed by atoms with van der Waals surface area (Å²) in [5.74, 6) is 0.125. The van der Waals surface area contributed by atoms with E-state index in [1.807, 2.05) is 48.2 Å². The Morgan fingerprint density at radius 3 is 2.42 bits per heavy atom. The quantitative estimate of drug-likeness (QED) is 0.878. The highest BCUT2D eigenvalue weighted by Gasteiger charge is 2.28. The van der Waals surface area contributed by atoms with E-state index in [9.17, 15) is 4.79 Å². The van der Waals surface area contributed by atoms with E-state index in [1.165, 1.54) is 0 Å². The van der Waals surface area contributed by atoms with Gasteiger partial charge in [0.15, 0.2) is 0 Å². The van der Waals surface area contributed by atoms with Gasteiger partial charge >= 0.3 is 0 Å². The Bertz CT molecular complexity index is 451. The van der Waals surface area contributed by atoms with E-state index in [4.69, 9.17) is 0 Å². The normalized spacial score (nSPS) is 18.2. The van der Waals surface area contributed by atoms with Crippen LogP contribution in [-0.4, -0.2) is 50.1 Å². The Hall–Kier alpha value is -1.55. The molecule has 1 aromatic carbocycles. The van der Waals surface area contributed by atoms with Crippen molar-refractivity contribution in [3.05, 3.63) is 29.8 Å². The van der Waals surface area contributed by atoms with E-state index in [2.05, 4.69) is 19.2 Å². The van der Waals surface area contributed by atoms with E-state index in [0.29, 0.717) is 0 Å². The van der Waals surface area contributed by atoms with Gasteiger partial charge in [-0.3, -0.25) is 4.79 Å². The third-order valence-corrected chi connectivity index (χ3v) is 3.49. The second kappa shape index (κ2) is 5.21. The van der Waals surface area contributed by atoms with Gasteiger partial charge in [-0.15, -0.1) is 0 Å². The fourth-order valence-electron chi connectivity index (χ4n) is 2.40. The molecule has 0 atom stereocenters. The maximum absolute atomic E-state index is 12.5. The van der Waals surface area contributed by atoms with E-state index in [0.717, 1.165) is 30.9 Å². The van der Waals surface area contributed by atoms with Crippen molar-refractivity contribution in [2.75, 3.05) is 38.6 Å². The second-order valence-corrected chi connectivity index (χ2v) is 5.98. The van der Waals surface area contributed by atoms with Gasteiger partial charge in [0.05, 0.1) is 0 Å². The number of amides is 1. The molecule has 0 radical (unpaired) electrons. The van der Waals surface area contributed by atoms with Crippen molar-refractivity contribution in [1.29, 1.82) is 0 Å². The SMILES string of the molecule is CN(C)c1ccc(C(=O)N2CCNC(C)(C)C2)cc1. The highest BCUT2D eigenvalue weighted by atomic mass is 16.2. The van der Waals surface area contributed by atoms with Gasteiger partial charge in [0.2, 0.25) is 0 Å². The molecular formula is C15H23N3O. The maximum atomic E-state index is 12.5. The molecule has 2 rings (SSSR count). The minimum absolute atomic E-state index is 0.00249. The molecule has 0 aliphatic carbocycles. The summed E-state index contributed by atoms with van der Waals surface area (Å²) >= 11 is 0. The molecule has 1 amide bonds. The number of hydrogen-bond donors (Lipinski definition) is 1. The van der Waals surface area contributed by atoms with Crippen LogP contribution in [0, 0.1) is 0 Å². The molecule has 0 unspecified atom stereocenters. The van der Waals surface area contributed by atoms with Crippen molar-refractivity contribution in [2.45, 2.75) is 19.4 Å². The largest absolute Gasteiger partial charge is 0.378 e. The maximum Gasteiger partial charge on any atom is 0.253 e. The smallest absolute Gasteiger partial charge is 0.253 e. The lowest BCUT2D eigenvalue weighted by Gasteiger charge is -2.39. The lowest BCUT2D eigenvalue weighted by atomic mass is 10.0. The zero-order chi connectivity index (χ0) is 14.0. The fourth-order valence-corrected chi connectivity index (χ4v) is 2.40. The van der Waals surface area contributed by atoms with Crippen molar-refractivity contribution in [2.24, 2.45) is 0 Å². The van der Waals surface area contributed by atoms with Gasteiger partial charge in [0.1, 0.15) is 0 Å². The molecule has 4 heteroatoms. The molecule has 1 N–H and O–H groups in total. The Balaban J connectivity index is 2.11. The third-order valence-electron chi connectivity index (χ3n) is 3.49. The molecule has 0 spiro atoms. The Labute approximate surface area is 115 Å². The first-order valence-electron chi connectivity index (χ1n) is 6.71. The number of anilines is 1. The highest BCUT2D eigenvalue weighted by molar-refractivity contribution is 5.94. The summed E-state index contributed by atoms with van der Waals surface area (Å²) in [4.78, 5) is 16.4. The molecule has 0 aromatic heterocycles. The van der Waals surface area contributed by atoms with Gasteiger partial charge in [0.25, 0.3) is 5.91 Å². The molecule has 4 nitrogen and oxygen atoms in total. The van der Waals surface area contributed by atoms with Gasteiger partial charge in [-0.1, -0.05) is 0 Å². The van der Waals surface area contributed by atoms with Gasteiger partial charge < -0.3 is 15.1 Å². The number of nitrogens with zero attached hydrogens (tertiary/aromatic N) is 2. The molecule has 1 aliphatic heterocycles. The lowest BCUT2D eigenvalue weighted by molar-refractivity contribution is 0.0652. The van der Waals surface area contributed by atoms with Crippen LogP contribution in [0.2, 0.25) is 0 Å². The van der Waals surface area contributed by atoms with Crippen molar-refractivity contribution >= 4 is 11.6 Å². The van der Waals surface area contributed by atoms with Gasteiger partial charge in [0, 0.05) is 50.5 Å². The van der Waals surface area contributed by atoms with Crippen LogP contribution in [0.5, 0.6) is 0 Å². The number of rotatable bonds is 2. The first kappa shape index (κ1) is 13.9. The van der Waals surface area contributed by atoms with Crippen molar-refractivity contribution in [1.82, 2.24) is 10.2 Å². The molecule has 104 valence electrons. The van der Waals surface area contributed by atoms with E-state index >= 15 is 0 Å². The Morgan fingerprint density at radius 2 is 1.89 bits per heavy atom. The molecule has 19 heavy (non-hydrogen) atoms. The summed E-state index contributed by atoms with van der Waals surface area (Å²) in [7, 11) is 3.99. The fraction of sp³-hybridized carbons (Fsp3) is 0.533. The number of carbonyl (C=O) groups excluding carboxylic acids is 1. The minimum Gasteiger partial charge on any atom is -0.378 e. The van der Waals surface area contributed by atoms with Gasteiger partial charge in [-0.2, -0.15) is 0 Å². The number of benzene rings is 1. The Kier molecular flexibility index (Phi) is 3.80. The van der Waals surface area contributed by atoms with Gasteiger partial charge in [-0.25, -0.2) is 0 Å². The summed E-state index contributed by atoms with van der Waals surface area (Å²) in [5, 5.41) is 3.42. The van der Waals surface area contributed by atoms with Crippen LogP contribution in [-0.2, 0) is 0 Å². The summed E-state index contributed by atoms with van der Waals surface area (Å²) < 4.78 is 0. The van der Waals surface area contributed by atoms with Crippen molar-refractivity contribution in [3.63, 3.8) is 0 Å². The van der Waals surface area contributed by atoms with Crippen molar-refractivity contribution < 1.29 is 4.79 Å². The standard InChI is InChI=1S/C15H23N3O/c1-15(2)11-18(10-9-16-15)14(19)12-5-7-13(8-6-12)17(3)4/h5-8,16H,9-11H2,1-4H3. The first-order valence-corrected chi connectivity index (χ1v) is 6.71. The van der Waals surface area contributed by atoms with Crippen LogP contribution in [0.4, 0.5) is 5.69 Å². The number of carbonyl (C=O) groups is 1. The highest BCUT2D eigenvalue weighted by Crippen LogP contribution is 2.16. The molecule has 0 bridgehead atoms. The van der Waals surface area contributed by atoms with Crippen LogP contribution in [0.25, 0.3) is 0 Å². The number of nitrogens with one attached hydrogen (secondary N) is 1. The summed E-state index contributed by atoms with van der Waals surface area (Å²) in [6.07, 6.45) is 0. The minimum atomic E-state index is -0.00249. The van der Waals surface area contributed by atoms with Crippen LogP contribution in [0.3, 0.4) is 0 Å². The predicted molar refractivity (Wildman–Crippen MR) is 78.8 cm³/mol. The summed E-state index contributed by atoms with van der Waals surface area (Å²) in [6.45, 7) is 6.64. The number of hydrogen-bond acceptors (Lipinski definition) is 3. The zero-order valence-electron chi connectivity index (χ0n) is 12.2. The molecule has 1 heterocycles. The lowest BCUT2D eigenvalue weighted by Crippen LogP contribution is -2.58. The van der Waals surface area contributed by atoms with E-state index in [-0.39, 0.29) is 11.4 Å². The molecule has 1 aliphatic rings. The van der Waals surface area contributed by atoms with E-state index in [1.54, 1.807) is 0 Å². The van der Waals surface area contributed by atoms with Crippen molar-refractivity contribution in [3.8, 4) is 0 Å². The molecule has 1 aromatic rings. The molecule has 0 saturated carbocycles. The zero-order valence-corrected chi connectivity index (χ0v) is 12.2. The summed E-state index contributed by atoms with van der Waals surface area (Å²) in [6, 6.07) is 7.79. The topological polar surface area (TPSA) is 35.6 Å². The van der Waals surface area contributed by atoms with Crippen LogP contribution in [0.15, 0.2) is 24.3 Å². The summed E-state index contributed by atoms with van der Waals surface area (Å²) in [5.41, 5.74) is 1.87. The van der Waals surface area contributed by atoms with Crippen LogP contribution >= 0.6 is 0 Å². The Morgan fingerprint density at radius 1 is 1.26 bits per heavy atom. The third kappa shape index (κ3) is 3.26. The second-order valence-electron chi connectivity index (χ2n) is 5.98. The molecule has 1 fully saturated rings. The van der Waals surface area contributed by atoms with E-state index < -0.39 is 0 Å². The van der Waals surface area contributed by atoms with Gasteiger partial charge in [-0.05, 0) is 38.1 Å². The molecular weight excluding hydrogens is 238 g/mol.